The van der Waals surface area contributed by atoms with E-state index >= 15 is 0 Å². The number of para-hydroxylation sites is 1. The molecule has 0 bridgehead atoms. The average Bonchev–Trinajstić information content (AvgIpc) is 2.25. The molecule has 3 heteroatoms. The molecule has 2 nitrogen and oxygen atoms in total. The smallest absolute Gasteiger partial charge is 0.122 e. The third-order valence-corrected chi connectivity index (χ3v) is 2.92. The van der Waals surface area contributed by atoms with E-state index in [9.17, 15) is 0 Å². The molecule has 1 aromatic rings. The van der Waals surface area contributed by atoms with Crippen LogP contribution >= 0.6 is 12.2 Å². The monoisotopic (exact) mass is 237 g/mol. The molecule has 0 amide bonds. The van der Waals surface area contributed by atoms with Crippen molar-refractivity contribution in [3.8, 4) is 5.75 Å². The molecule has 1 aromatic carbocycles. The lowest BCUT2D eigenvalue weighted by atomic mass is 10.0. The van der Waals surface area contributed by atoms with Gasteiger partial charge in [0.1, 0.15) is 5.75 Å². The molecule has 0 aromatic heterocycles. The Morgan fingerprint density at radius 1 is 1.31 bits per heavy atom. The molecule has 0 radical (unpaired) electrons. The van der Waals surface area contributed by atoms with Gasteiger partial charge in [0, 0.05) is 5.92 Å². The number of benzene rings is 1. The molecule has 0 heterocycles. The van der Waals surface area contributed by atoms with Crippen molar-refractivity contribution in [2.24, 2.45) is 11.7 Å². The van der Waals surface area contributed by atoms with Crippen LogP contribution in [0.2, 0.25) is 0 Å². The fraction of sp³-hybridized carbons (Fsp3) is 0.462. The zero-order valence-corrected chi connectivity index (χ0v) is 10.9. The largest absolute Gasteiger partial charge is 0.493 e. The minimum Gasteiger partial charge on any atom is -0.493 e. The normalized spacial score (nSPS) is 12.5. The first kappa shape index (κ1) is 13.0. The summed E-state index contributed by atoms with van der Waals surface area (Å²) in [6, 6.07) is 8.08. The number of rotatable bonds is 5. The summed E-state index contributed by atoms with van der Waals surface area (Å²) in [5.41, 5.74) is 6.77. The van der Waals surface area contributed by atoms with Crippen LogP contribution in [0.25, 0.3) is 0 Å². The van der Waals surface area contributed by atoms with Crippen LogP contribution in [-0.2, 0) is 0 Å². The summed E-state index contributed by atoms with van der Waals surface area (Å²) in [7, 11) is 0. The second-order valence-corrected chi connectivity index (χ2v) is 4.78. The van der Waals surface area contributed by atoms with Crippen molar-refractivity contribution in [3.05, 3.63) is 29.8 Å². The maximum absolute atomic E-state index is 5.75. The number of ether oxygens (including phenoxy) is 1. The number of nitrogens with two attached hydrogens (primary N) is 1. The first-order chi connectivity index (χ1) is 7.52. The van der Waals surface area contributed by atoms with E-state index in [1.54, 1.807) is 0 Å². The lowest BCUT2D eigenvalue weighted by Gasteiger charge is -2.16. The molecule has 1 atom stereocenters. The summed E-state index contributed by atoms with van der Waals surface area (Å²) >= 11 is 4.92. The van der Waals surface area contributed by atoms with E-state index in [0.29, 0.717) is 17.5 Å². The Kier molecular flexibility index (Phi) is 4.74. The van der Waals surface area contributed by atoms with Crippen molar-refractivity contribution in [2.45, 2.75) is 26.7 Å². The Labute approximate surface area is 103 Å². The highest BCUT2D eigenvalue weighted by Crippen LogP contribution is 2.26. The second-order valence-electron chi connectivity index (χ2n) is 4.31. The van der Waals surface area contributed by atoms with Crippen LogP contribution in [0.3, 0.4) is 0 Å². The second kappa shape index (κ2) is 5.85. The molecule has 0 saturated carbocycles. The molecule has 0 aliphatic carbocycles. The Morgan fingerprint density at radius 3 is 2.50 bits per heavy atom. The van der Waals surface area contributed by atoms with E-state index in [1.165, 1.54) is 5.56 Å². The minimum atomic E-state index is 0.107. The SMILES string of the molecule is CC(COc1ccccc1C(C)C)C(N)=S. The molecule has 0 saturated heterocycles. The Morgan fingerprint density at radius 2 is 1.94 bits per heavy atom. The van der Waals surface area contributed by atoms with E-state index in [1.807, 2.05) is 25.1 Å². The highest BCUT2D eigenvalue weighted by Gasteiger charge is 2.10. The molecule has 0 aliphatic heterocycles. The molecule has 2 N–H and O–H groups in total. The molecule has 1 rings (SSSR count). The van der Waals surface area contributed by atoms with Gasteiger partial charge in [-0.15, -0.1) is 0 Å². The van der Waals surface area contributed by atoms with Crippen molar-refractivity contribution in [3.63, 3.8) is 0 Å². The van der Waals surface area contributed by atoms with Crippen LogP contribution in [0.1, 0.15) is 32.3 Å². The molecule has 88 valence electrons. The molecule has 0 fully saturated rings. The van der Waals surface area contributed by atoms with Gasteiger partial charge in [0.05, 0.1) is 11.6 Å². The summed E-state index contributed by atoms with van der Waals surface area (Å²) in [5, 5.41) is 0. The van der Waals surface area contributed by atoms with E-state index in [-0.39, 0.29) is 5.92 Å². The predicted octanol–water partition coefficient (Wildman–Crippen LogP) is 3.11. The molecule has 16 heavy (non-hydrogen) atoms. The molecular formula is C13H19NOS. The van der Waals surface area contributed by atoms with Crippen LogP contribution in [0.5, 0.6) is 5.75 Å². The summed E-state index contributed by atoms with van der Waals surface area (Å²) in [5.74, 6) is 1.49. The Bertz CT molecular complexity index is 363. The van der Waals surface area contributed by atoms with Gasteiger partial charge in [0.15, 0.2) is 0 Å². The van der Waals surface area contributed by atoms with Crippen LogP contribution in [0.15, 0.2) is 24.3 Å². The minimum absolute atomic E-state index is 0.107. The van der Waals surface area contributed by atoms with Gasteiger partial charge >= 0.3 is 0 Å². The third-order valence-electron chi connectivity index (χ3n) is 2.52. The van der Waals surface area contributed by atoms with E-state index in [2.05, 4.69) is 19.9 Å². The summed E-state index contributed by atoms with van der Waals surface area (Å²) < 4.78 is 5.75. The number of hydrogen-bond acceptors (Lipinski definition) is 2. The summed E-state index contributed by atoms with van der Waals surface area (Å²) in [6.45, 7) is 6.82. The topological polar surface area (TPSA) is 35.2 Å². The first-order valence-electron chi connectivity index (χ1n) is 5.53. The molecule has 0 spiro atoms. The van der Waals surface area contributed by atoms with Gasteiger partial charge < -0.3 is 10.5 Å². The summed E-state index contributed by atoms with van der Waals surface area (Å²) in [6.07, 6.45) is 0. The maximum Gasteiger partial charge on any atom is 0.122 e. The molecular weight excluding hydrogens is 218 g/mol. The van der Waals surface area contributed by atoms with Crippen molar-refractivity contribution in [1.29, 1.82) is 0 Å². The van der Waals surface area contributed by atoms with Gasteiger partial charge in [0.25, 0.3) is 0 Å². The van der Waals surface area contributed by atoms with Crippen molar-refractivity contribution in [1.82, 2.24) is 0 Å². The van der Waals surface area contributed by atoms with Gasteiger partial charge in [-0.3, -0.25) is 0 Å². The number of hydrogen-bond donors (Lipinski definition) is 1. The quantitative estimate of drug-likeness (QED) is 0.799. The summed E-state index contributed by atoms with van der Waals surface area (Å²) in [4.78, 5) is 0.502. The van der Waals surface area contributed by atoms with E-state index < -0.39 is 0 Å². The highest BCUT2D eigenvalue weighted by atomic mass is 32.1. The van der Waals surface area contributed by atoms with Crippen LogP contribution in [0.4, 0.5) is 0 Å². The zero-order valence-electron chi connectivity index (χ0n) is 10.1. The van der Waals surface area contributed by atoms with Gasteiger partial charge in [-0.2, -0.15) is 0 Å². The highest BCUT2D eigenvalue weighted by molar-refractivity contribution is 7.80. The lowest BCUT2D eigenvalue weighted by Crippen LogP contribution is -2.24. The third kappa shape index (κ3) is 3.49. The van der Waals surface area contributed by atoms with Crippen molar-refractivity contribution >= 4 is 17.2 Å². The fourth-order valence-corrected chi connectivity index (χ4v) is 1.45. The van der Waals surface area contributed by atoms with Gasteiger partial charge in [-0.25, -0.2) is 0 Å². The van der Waals surface area contributed by atoms with Crippen molar-refractivity contribution < 1.29 is 4.74 Å². The van der Waals surface area contributed by atoms with E-state index in [0.717, 1.165) is 5.75 Å². The van der Waals surface area contributed by atoms with Crippen LogP contribution in [0, 0.1) is 5.92 Å². The van der Waals surface area contributed by atoms with Gasteiger partial charge in [-0.05, 0) is 17.5 Å². The van der Waals surface area contributed by atoms with E-state index in [4.69, 9.17) is 22.7 Å². The standard InChI is InChI=1S/C13H19NOS/c1-9(2)11-6-4-5-7-12(11)15-8-10(3)13(14)16/h4-7,9-10H,8H2,1-3H3,(H2,14,16). The predicted molar refractivity (Wildman–Crippen MR) is 72.0 cm³/mol. The Hall–Kier alpha value is -1.09. The first-order valence-corrected chi connectivity index (χ1v) is 5.94. The Balaban J connectivity index is 2.70. The fourth-order valence-electron chi connectivity index (χ4n) is 1.39. The van der Waals surface area contributed by atoms with Gasteiger partial charge in [0.2, 0.25) is 0 Å². The van der Waals surface area contributed by atoms with Crippen molar-refractivity contribution in [2.75, 3.05) is 6.61 Å². The zero-order chi connectivity index (χ0) is 12.1. The lowest BCUT2D eigenvalue weighted by molar-refractivity contribution is 0.289. The maximum atomic E-state index is 5.75. The molecule has 0 aliphatic rings. The number of thiocarbonyl (C=S) groups is 1. The molecule has 1 unspecified atom stereocenters. The van der Waals surface area contributed by atoms with Crippen LogP contribution in [-0.4, -0.2) is 11.6 Å². The van der Waals surface area contributed by atoms with Crippen LogP contribution < -0.4 is 10.5 Å². The van der Waals surface area contributed by atoms with Gasteiger partial charge in [-0.1, -0.05) is 51.2 Å². The average molecular weight is 237 g/mol.